The van der Waals surface area contributed by atoms with Crippen LogP contribution < -0.4 is 0 Å². The smallest absolute Gasteiger partial charge is 0.272 e. The van der Waals surface area contributed by atoms with Crippen LogP contribution >= 0.6 is 23.4 Å². The average molecular weight is 389 g/mol. The summed E-state index contributed by atoms with van der Waals surface area (Å²) in [5, 5.41) is 0.762. The molecule has 1 aliphatic heterocycles. The van der Waals surface area contributed by atoms with Gasteiger partial charge in [-0.1, -0.05) is 43.6 Å². The van der Waals surface area contributed by atoms with Crippen LogP contribution in [-0.4, -0.2) is 28.9 Å². The van der Waals surface area contributed by atoms with Gasteiger partial charge in [0.15, 0.2) is 0 Å². The maximum atomic E-state index is 12.9. The van der Waals surface area contributed by atoms with Crippen LogP contribution in [0.15, 0.2) is 41.3 Å². The first-order chi connectivity index (χ1) is 12.4. The van der Waals surface area contributed by atoms with Crippen molar-refractivity contribution in [3.05, 3.63) is 58.4 Å². The summed E-state index contributed by atoms with van der Waals surface area (Å²) in [5.41, 5.74) is 2.78. The number of pyridine rings is 1. The van der Waals surface area contributed by atoms with E-state index in [2.05, 4.69) is 31.8 Å². The second kappa shape index (κ2) is 8.01. The molecule has 138 valence electrons. The molecule has 0 spiro atoms. The summed E-state index contributed by atoms with van der Waals surface area (Å²) in [6, 6.07) is 11.6. The van der Waals surface area contributed by atoms with E-state index >= 15 is 0 Å². The van der Waals surface area contributed by atoms with Crippen LogP contribution in [0.3, 0.4) is 0 Å². The number of benzene rings is 1. The van der Waals surface area contributed by atoms with Crippen molar-refractivity contribution in [1.29, 1.82) is 0 Å². The summed E-state index contributed by atoms with van der Waals surface area (Å²) >= 11 is 7.97. The lowest BCUT2D eigenvalue weighted by molar-refractivity contribution is 0.0577. The van der Waals surface area contributed by atoms with Gasteiger partial charge in [0.2, 0.25) is 0 Å². The van der Waals surface area contributed by atoms with Gasteiger partial charge in [-0.15, -0.1) is 11.8 Å². The van der Waals surface area contributed by atoms with Gasteiger partial charge in [-0.3, -0.25) is 4.79 Å². The molecule has 1 fully saturated rings. The summed E-state index contributed by atoms with van der Waals surface area (Å²) in [6.07, 6.45) is 2.22. The third-order valence-electron chi connectivity index (χ3n) is 4.74. The summed E-state index contributed by atoms with van der Waals surface area (Å²) in [6.45, 7) is 8.12. The van der Waals surface area contributed by atoms with Crippen LogP contribution in [0.25, 0.3) is 0 Å². The third-order valence-corrected chi connectivity index (χ3v) is 6.44. The molecule has 0 atom stereocenters. The van der Waals surface area contributed by atoms with Crippen LogP contribution in [0.2, 0.25) is 5.02 Å². The molecule has 1 aromatic carbocycles. The normalized spacial score (nSPS) is 16.5. The number of thioether (sulfide) groups is 1. The van der Waals surface area contributed by atoms with E-state index in [1.165, 1.54) is 0 Å². The van der Waals surface area contributed by atoms with Gasteiger partial charge in [0.1, 0.15) is 5.69 Å². The highest BCUT2D eigenvalue weighted by Gasteiger charge is 2.30. The van der Waals surface area contributed by atoms with Gasteiger partial charge in [0, 0.05) is 23.7 Å². The van der Waals surface area contributed by atoms with Crippen molar-refractivity contribution >= 4 is 29.3 Å². The molecule has 0 unspecified atom stereocenters. The number of hydrogen-bond donors (Lipinski definition) is 0. The monoisotopic (exact) mass is 388 g/mol. The standard InChI is InChI=1S/C21H25ClN2OS/c1-15-7-4-9-17(22)19(15)26-13-16-8-5-10-18(23-16)20(25)24-12-6-11-21(2,3)14-24/h4-5,7-10H,6,11-14H2,1-3H3. The van der Waals surface area contributed by atoms with E-state index in [9.17, 15) is 4.79 Å². The Morgan fingerprint density at radius 2 is 2.04 bits per heavy atom. The predicted octanol–water partition coefficient (Wildman–Crippen LogP) is 5.60. The fourth-order valence-electron chi connectivity index (χ4n) is 3.38. The minimum atomic E-state index is 0.0403. The zero-order valence-corrected chi connectivity index (χ0v) is 17.2. The molecule has 3 rings (SSSR count). The Hall–Kier alpha value is -1.52. The Morgan fingerprint density at radius 1 is 1.27 bits per heavy atom. The number of aryl methyl sites for hydroxylation is 1. The summed E-state index contributed by atoms with van der Waals surface area (Å²) < 4.78 is 0. The van der Waals surface area contributed by atoms with Gasteiger partial charge >= 0.3 is 0 Å². The predicted molar refractivity (Wildman–Crippen MR) is 109 cm³/mol. The molecule has 0 radical (unpaired) electrons. The first-order valence-electron chi connectivity index (χ1n) is 8.99. The summed E-state index contributed by atoms with van der Waals surface area (Å²) in [5.74, 6) is 0.732. The number of piperidine rings is 1. The zero-order chi connectivity index (χ0) is 18.7. The number of nitrogens with zero attached hydrogens (tertiary/aromatic N) is 2. The van der Waals surface area contributed by atoms with Crippen molar-refractivity contribution in [2.75, 3.05) is 13.1 Å². The molecule has 1 aliphatic rings. The maximum Gasteiger partial charge on any atom is 0.272 e. The fraction of sp³-hybridized carbons (Fsp3) is 0.429. The summed E-state index contributed by atoms with van der Waals surface area (Å²) in [7, 11) is 0. The van der Waals surface area contributed by atoms with Crippen molar-refractivity contribution in [3.63, 3.8) is 0 Å². The molecule has 2 heterocycles. The highest BCUT2D eigenvalue weighted by atomic mass is 35.5. The molecule has 3 nitrogen and oxygen atoms in total. The second-order valence-corrected chi connectivity index (χ2v) is 9.08. The molecule has 0 bridgehead atoms. The van der Waals surface area contributed by atoms with E-state index in [1.54, 1.807) is 11.8 Å². The van der Waals surface area contributed by atoms with Crippen molar-refractivity contribution in [3.8, 4) is 0 Å². The molecule has 0 N–H and O–H groups in total. The molecule has 2 aromatic rings. The topological polar surface area (TPSA) is 33.2 Å². The molecule has 0 aliphatic carbocycles. The number of aromatic nitrogens is 1. The Morgan fingerprint density at radius 3 is 2.77 bits per heavy atom. The number of carbonyl (C=O) groups excluding carboxylic acids is 1. The molecule has 5 heteroatoms. The van der Waals surface area contributed by atoms with Crippen LogP contribution in [0, 0.1) is 12.3 Å². The fourth-order valence-corrected chi connectivity index (χ4v) is 4.72. The van der Waals surface area contributed by atoms with Crippen molar-refractivity contribution in [2.45, 2.75) is 44.3 Å². The van der Waals surface area contributed by atoms with Crippen molar-refractivity contribution in [2.24, 2.45) is 5.41 Å². The Balaban J connectivity index is 1.71. The van der Waals surface area contributed by atoms with Gasteiger partial charge in [-0.25, -0.2) is 4.98 Å². The highest BCUT2D eigenvalue weighted by Crippen LogP contribution is 2.32. The minimum Gasteiger partial charge on any atom is -0.337 e. The molecule has 1 aromatic heterocycles. The number of halogens is 1. The van der Waals surface area contributed by atoms with E-state index < -0.39 is 0 Å². The largest absolute Gasteiger partial charge is 0.337 e. The van der Waals surface area contributed by atoms with Crippen LogP contribution in [-0.2, 0) is 5.75 Å². The van der Waals surface area contributed by atoms with Gasteiger partial charge < -0.3 is 4.90 Å². The zero-order valence-electron chi connectivity index (χ0n) is 15.6. The second-order valence-electron chi connectivity index (χ2n) is 7.68. The number of amides is 1. The summed E-state index contributed by atoms with van der Waals surface area (Å²) in [4.78, 5) is 20.5. The van der Waals surface area contributed by atoms with Crippen LogP contribution in [0.5, 0.6) is 0 Å². The highest BCUT2D eigenvalue weighted by molar-refractivity contribution is 7.98. The van der Waals surface area contributed by atoms with E-state index in [0.717, 1.165) is 47.1 Å². The van der Waals surface area contributed by atoms with Gasteiger partial charge in [0.05, 0.1) is 10.7 Å². The molecule has 1 saturated heterocycles. The quantitative estimate of drug-likeness (QED) is 0.639. The van der Waals surface area contributed by atoms with E-state index in [-0.39, 0.29) is 11.3 Å². The molecule has 0 saturated carbocycles. The Bertz CT molecular complexity index is 786. The van der Waals surface area contributed by atoms with E-state index in [0.29, 0.717) is 11.4 Å². The first kappa shape index (κ1) is 19.2. The van der Waals surface area contributed by atoms with Crippen molar-refractivity contribution < 1.29 is 4.79 Å². The third kappa shape index (κ3) is 4.60. The van der Waals surface area contributed by atoms with Crippen molar-refractivity contribution in [1.82, 2.24) is 9.88 Å². The van der Waals surface area contributed by atoms with Gasteiger partial charge in [-0.05, 0) is 48.9 Å². The van der Waals surface area contributed by atoms with Crippen LogP contribution in [0.1, 0.15) is 48.4 Å². The Kier molecular flexibility index (Phi) is 5.93. The van der Waals surface area contributed by atoms with E-state index in [1.807, 2.05) is 35.2 Å². The molecular weight excluding hydrogens is 364 g/mol. The lowest BCUT2D eigenvalue weighted by Gasteiger charge is -2.37. The first-order valence-corrected chi connectivity index (χ1v) is 10.4. The number of hydrogen-bond acceptors (Lipinski definition) is 3. The van der Waals surface area contributed by atoms with E-state index in [4.69, 9.17) is 11.6 Å². The molecule has 26 heavy (non-hydrogen) atoms. The number of likely N-dealkylation sites (tertiary alicyclic amines) is 1. The minimum absolute atomic E-state index is 0.0403. The van der Waals surface area contributed by atoms with Gasteiger partial charge in [-0.2, -0.15) is 0 Å². The maximum absolute atomic E-state index is 12.9. The average Bonchev–Trinajstić information content (AvgIpc) is 2.60. The lowest BCUT2D eigenvalue weighted by Crippen LogP contribution is -2.43. The van der Waals surface area contributed by atoms with Crippen LogP contribution in [0.4, 0.5) is 0 Å². The van der Waals surface area contributed by atoms with Gasteiger partial charge in [0.25, 0.3) is 5.91 Å². The molecular formula is C21H25ClN2OS. The number of carbonyl (C=O) groups is 1. The lowest BCUT2D eigenvalue weighted by atomic mass is 9.84. The Labute approximate surface area is 165 Å². The molecule has 1 amide bonds. The SMILES string of the molecule is Cc1cccc(Cl)c1SCc1cccc(C(=O)N2CCCC(C)(C)C2)n1. The number of rotatable bonds is 4.